The van der Waals surface area contributed by atoms with Crippen molar-refractivity contribution in [3.05, 3.63) is 29.3 Å². The van der Waals surface area contributed by atoms with E-state index in [1.54, 1.807) is 6.07 Å². The number of hydrazine groups is 1. The van der Waals surface area contributed by atoms with Gasteiger partial charge >= 0.3 is 6.18 Å². The zero-order chi connectivity index (χ0) is 14.3. The molecule has 19 heavy (non-hydrogen) atoms. The van der Waals surface area contributed by atoms with Crippen LogP contribution in [0.4, 0.5) is 13.2 Å². The summed E-state index contributed by atoms with van der Waals surface area (Å²) in [5.74, 6) is 5.95. The normalized spacial score (nSPS) is 13.5. The Balaban J connectivity index is 2.32. The third kappa shape index (κ3) is 7.67. The molecule has 1 rings (SSSR count). The Kier molecular flexibility index (Phi) is 6.99. The number of benzene rings is 1. The van der Waals surface area contributed by atoms with Gasteiger partial charge in [0.15, 0.2) is 0 Å². The Morgan fingerprint density at radius 2 is 2.11 bits per heavy atom. The summed E-state index contributed by atoms with van der Waals surface area (Å²) in [7, 11) is 0. The van der Waals surface area contributed by atoms with Gasteiger partial charge in [0.1, 0.15) is 0 Å². The van der Waals surface area contributed by atoms with Crippen molar-refractivity contribution in [3.63, 3.8) is 0 Å². The summed E-state index contributed by atoms with van der Waals surface area (Å²) >= 11 is 7.37. The molecule has 0 saturated carbocycles. The molecule has 0 aliphatic carbocycles. The van der Waals surface area contributed by atoms with Crippen molar-refractivity contribution in [2.45, 2.75) is 36.4 Å². The van der Waals surface area contributed by atoms with E-state index in [4.69, 9.17) is 17.4 Å². The van der Waals surface area contributed by atoms with Crippen LogP contribution in [0.25, 0.3) is 0 Å². The van der Waals surface area contributed by atoms with E-state index in [-0.39, 0.29) is 12.5 Å². The number of hydrogen-bond donors (Lipinski definition) is 2. The Bertz CT molecular complexity index is 387. The number of halogens is 4. The van der Waals surface area contributed by atoms with Crippen LogP contribution < -0.4 is 11.3 Å². The molecular weight excluding hydrogens is 297 g/mol. The standard InChI is InChI=1S/C12H16ClF3N2S/c13-9-3-1-5-11(7-9)19-8-10(18-17)4-2-6-12(14,15)16/h1,3,5,7,10,18H,2,4,6,8,17H2. The molecule has 1 aromatic carbocycles. The second kappa shape index (κ2) is 7.99. The van der Waals surface area contributed by atoms with Gasteiger partial charge in [-0.25, -0.2) is 0 Å². The van der Waals surface area contributed by atoms with Gasteiger partial charge in [0.25, 0.3) is 0 Å². The summed E-state index contributed by atoms with van der Waals surface area (Å²) in [4.78, 5) is 0.976. The molecule has 0 aliphatic heterocycles. The van der Waals surface area contributed by atoms with Gasteiger partial charge in [-0.3, -0.25) is 11.3 Å². The maximum absolute atomic E-state index is 12.0. The molecule has 0 heterocycles. The van der Waals surface area contributed by atoms with E-state index in [0.29, 0.717) is 17.2 Å². The molecule has 0 aliphatic rings. The molecule has 2 nitrogen and oxygen atoms in total. The first-order chi connectivity index (χ1) is 8.90. The van der Waals surface area contributed by atoms with Crippen molar-refractivity contribution >= 4 is 23.4 Å². The molecule has 7 heteroatoms. The molecular formula is C12H16ClF3N2S. The predicted molar refractivity (Wildman–Crippen MR) is 73.2 cm³/mol. The molecule has 108 valence electrons. The summed E-state index contributed by atoms with van der Waals surface area (Å²) < 4.78 is 36.1. The number of alkyl halides is 3. The monoisotopic (exact) mass is 312 g/mol. The second-order valence-corrected chi connectivity index (χ2v) is 5.67. The lowest BCUT2D eigenvalue weighted by atomic mass is 10.1. The van der Waals surface area contributed by atoms with Gasteiger partial charge in [-0.15, -0.1) is 11.8 Å². The smallest absolute Gasteiger partial charge is 0.271 e. The molecule has 0 radical (unpaired) electrons. The van der Waals surface area contributed by atoms with Gasteiger partial charge in [0, 0.05) is 28.1 Å². The molecule has 0 bridgehead atoms. The lowest BCUT2D eigenvalue weighted by molar-refractivity contribution is -0.135. The Labute approximate surface area is 119 Å². The van der Waals surface area contributed by atoms with E-state index in [9.17, 15) is 13.2 Å². The fraction of sp³-hybridized carbons (Fsp3) is 0.500. The summed E-state index contributed by atoms with van der Waals surface area (Å²) in [5, 5.41) is 0.638. The highest BCUT2D eigenvalue weighted by atomic mass is 35.5. The largest absolute Gasteiger partial charge is 0.389 e. The van der Waals surface area contributed by atoms with Crippen molar-refractivity contribution in [3.8, 4) is 0 Å². The zero-order valence-electron chi connectivity index (χ0n) is 10.2. The van der Waals surface area contributed by atoms with E-state index in [1.165, 1.54) is 11.8 Å². The first kappa shape index (κ1) is 16.6. The minimum Gasteiger partial charge on any atom is -0.271 e. The van der Waals surface area contributed by atoms with Crippen LogP contribution in [0.5, 0.6) is 0 Å². The van der Waals surface area contributed by atoms with E-state index >= 15 is 0 Å². The van der Waals surface area contributed by atoms with Crippen LogP contribution in [0.2, 0.25) is 5.02 Å². The van der Waals surface area contributed by atoms with Crippen LogP contribution in [0.1, 0.15) is 19.3 Å². The van der Waals surface area contributed by atoms with Crippen LogP contribution in [0, 0.1) is 0 Å². The number of rotatable bonds is 7. The SMILES string of the molecule is NNC(CCCC(F)(F)F)CSc1cccc(Cl)c1. The molecule has 3 N–H and O–H groups in total. The third-order valence-corrected chi connectivity index (χ3v) is 3.89. The first-order valence-corrected chi connectivity index (χ1v) is 7.18. The second-order valence-electron chi connectivity index (χ2n) is 4.14. The van der Waals surface area contributed by atoms with Crippen molar-refractivity contribution in [1.29, 1.82) is 0 Å². The van der Waals surface area contributed by atoms with Crippen LogP contribution >= 0.6 is 23.4 Å². The van der Waals surface area contributed by atoms with Gasteiger partial charge in [-0.1, -0.05) is 17.7 Å². The number of thioether (sulfide) groups is 1. The molecule has 0 saturated heterocycles. The van der Waals surface area contributed by atoms with E-state index in [2.05, 4.69) is 5.43 Å². The number of nitrogens with two attached hydrogens (primary N) is 1. The third-order valence-electron chi connectivity index (χ3n) is 2.50. The Morgan fingerprint density at radius 1 is 1.37 bits per heavy atom. The lowest BCUT2D eigenvalue weighted by Crippen LogP contribution is -2.37. The van der Waals surface area contributed by atoms with Crippen LogP contribution in [0.3, 0.4) is 0 Å². The molecule has 1 aromatic rings. The average molecular weight is 313 g/mol. The lowest BCUT2D eigenvalue weighted by Gasteiger charge is -2.16. The van der Waals surface area contributed by atoms with Crippen LogP contribution in [-0.4, -0.2) is 18.0 Å². The molecule has 1 unspecified atom stereocenters. The number of hydrogen-bond acceptors (Lipinski definition) is 3. The minimum absolute atomic E-state index is 0.0778. The molecule has 0 fully saturated rings. The van der Waals surface area contributed by atoms with Gasteiger partial charge < -0.3 is 0 Å². The fourth-order valence-corrected chi connectivity index (χ4v) is 2.81. The highest BCUT2D eigenvalue weighted by Crippen LogP contribution is 2.25. The molecule has 0 aromatic heterocycles. The van der Waals surface area contributed by atoms with E-state index < -0.39 is 12.6 Å². The number of nitrogens with one attached hydrogen (secondary N) is 1. The highest BCUT2D eigenvalue weighted by molar-refractivity contribution is 7.99. The summed E-state index contributed by atoms with van der Waals surface area (Å²) in [5.41, 5.74) is 2.55. The molecule has 0 amide bonds. The van der Waals surface area contributed by atoms with Crippen LogP contribution in [-0.2, 0) is 0 Å². The quantitative estimate of drug-likeness (QED) is 0.454. The maximum Gasteiger partial charge on any atom is 0.389 e. The minimum atomic E-state index is -4.10. The summed E-state index contributed by atoms with van der Waals surface area (Å²) in [6.07, 6.45) is -4.40. The summed E-state index contributed by atoms with van der Waals surface area (Å²) in [6.45, 7) is 0. The van der Waals surface area contributed by atoms with E-state index in [0.717, 1.165) is 4.90 Å². The van der Waals surface area contributed by atoms with Crippen LogP contribution in [0.15, 0.2) is 29.2 Å². The van der Waals surface area contributed by atoms with Gasteiger partial charge in [-0.2, -0.15) is 13.2 Å². The van der Waals surface area contributed by atoms with Crippen molar-refractivity contribution in [2.24, 2.45) is 5.84 Å². The maximum atomic E-state index is 12.0. The first-order valence-electron chi connectivity index (χ1n) is 5.82. The molecule has 1 atom stereocenters. The van der Waals surface area contributed by atoms with Crippen molar-refractivity contribution in [2.75, 3.05) is 5.75 Å². The van der Waals surface area contributed by atoms with E-state index in [1.807, 2.05) is 18.2 Å². The Hall–Kier alpha value is -0.430. The highest BCUT2D eigenvalue weighted by Gasteiger charge is 2.26. The predicted octanol–water partition coefficient (Wildman–Crippen LogP) is 4.00. The average Bonchev–Trinajstić information content (AvgIpc) is 2.32. The van der Waals surface area contributed by atoms with Gasteiger partial charge in [-0.05, 0) is 31.0 Å². The van der Waals surface area contributed by atoms with Crippen molar-refractivity contribution < 1.29 is 13.2 Å². The molecule has 0 spiro atoms. The van der Waals surface area contributed by atoms with Gasteiger partial charge in [0.05, 0.1) is 0 Å². The fourth-order valence-electron chi connectivity index (χ4n) is 1.52. The topological polar surface area (TPSA) is 38.0 Å². The Morgan fingerprint density at radius 3 is 2.68 bits per heavy atom. The summed E-state index contributed by atoms with van der Waals surface area (Å²) in [6, 6.07) is 7.17. The zero-order valence-corrected chi connectivity index (χ0v) is 11.8. The van der Waals surface area contributed by atoms with Crippen molar-refractivity contribution in [1.82, 2.24) is 5.43 Å². The van der Waals surface area contributed by atoms with Gasteiger partial charge in [0.2, 0.25) is 0 Å².